The molecule has 0 radical (unpaired) electrons. The van der Waals surface area contributed by atoms with Gasteiger partial charge in [0.2, 0.25) is 0 Å². The molecule has 0 bridgehead atoms. The number of amides is 1. The van der Waals surface area contributed by atoms with Gasteiger partial charge in [0.05, 0.1) is 0 Å². The molecule has 1 amide bonds. The summed E-state index contributed by atoms with van der Waals surface area (Å²) in [5, 5.41) is 10.1. The van der Waals surface area contributed by atoms with Gasteiger partial charge in [-0.05, 0) is 12.0 Å². The molecule has 2 rings (SSSR count). The molecule has 19 heavy (non-hydrogen) atoms. The lowest BCUT2D eigenvalue weighted by Crippen LogP contribution is -2.55. The van der Waals surface area contributed by atoms with E-state index in [2.05, 4.69) is 0 Å². The van der Waals surface area contributed by atoms with E-state index in [-0.39, 0.29) is 18.0 Å². The second-order valence-electron chi connectivity index (χ2n) is 5.03. The van der Waals surface area contributed by atoms with Crippen LogP contribution in [0.1, 0.15) is 29.8 Å². The van der Waals surface area contributed by atoms with Crippen LogP contribution in [-0.2, 0) is 5.72 Å². The molecule has 6 heteroatoms. The summed E-state index contributed by atoms with van der Waals surface area (Å²) < 4.78 is 39.8. The Kier molecular flexibility index (Phi) is 3.09. The maximum Gasteiger partial charge on any atom is 0.441 e. The lowest BCUT2D eigenvalue weighted by molar-refractivity contribution is -0.310. The number of aliphatic hydroxyl groups is 1. The monoisotopic (exact) mass is 273 g/mol. The third-order valence-electron chi connectivity index (χ3n) is 3.11. The number of alkyl halides is 3. The number of carbonyl (C=O) groups is 1. The highest BCUT2D eigenvalue weighted by molar-refractivity contribution is 5.99. The minimum absolute atomic E-state index is 0.0945. The van der Waals surface area contributed by atoms with Crippen molar-refractivity contribution in [2.24, 2.45) is 5.92 Å². The van der Waals surface area contributed by atoms with Crippen molar-refractivity contribution in [3.63, 3.8) is 0 Å². The number of halogens is 3. The first-order valence-electron chi connectivity index (χ1n) is 5.90. The molecule has 0 fully saturated rings. The molecule has 0 saturated carbocycles. The molecule has 1 aromatic rings. The smallest absolute Gasteiger partial charge is 0.360 e. The van der Waals surface area contributed by atoms with Crippen LogP contribution in [0, 0.1) is 5.92 Å². The van der Waals surface area contributed by atoms with Crippen LogP contribution >= 0.6 is 0 Å². The van der Waals surface area contributed by atoms with Gasteiger partial charge in [0.25, 0.3) is 11.6 Å². The van der Waals surface area contributed by atoms with Gasteiger partial charge >= 0.3 is 6.18 Å². The second kappa shape index (κ2) is 4.23. The Bertz CT molecular complexity index is 513. The molecular weight excluding hydrogens is 259 g/mol. The van der Waals surface area contributed by atoms with Crippen LogP contribution in [0.2, 0.25) is 0 Å². The van der Waals surface area contributed by atoms with Crippen molar-refractivity contribution in [2.45, 2.75) is 25.7 Å². The summed E-state index contributed by atoms with van der Waals surface area (Å²) in [7, 11) is 0. The van der Waals surface area contributed by atoms with Crippen molar-refractivity contribution >= 4 is 5.91 Å². The molecule has 0 aliphatic carbocycles. The fourth-order valence-corrected chi connectivity index (χ4v) is 2.30. The summed E-state index contributed by atoms with van der Waals surface area (Å²) in [5.74, 6) is -0.976. The van der Waals surface area contributed by atoms with Crippen molar-refractivity contribution in [2.75, 3.05) is 6.54 Å². The van der Waals surface area contributed by atoms with Crippen molar-refractivity contribution in [1.82, 2.24) is 4.90 Å². The van der Waals surface area contributed by atoms with Gasteiger partial charge in [-0.3, -0.25) is 9.69 Å². The Morgan fingerprint density at radius 3 is 2.42 bits per heavy atom. The molecule has 0 aromatic heterocycles. The van der Waals surface area contributed by atoms with Crippen LogP contribution in [0.4, 0.5) is 13.2 Å². The highest BCUT2D eigenvalue weighted by Gasteiger charge is 2.65. The van der Waals surface area contributed by atoms with E-state index in [1.54, 1.807) is 13.8 Å². The van der Waals surface area contributed by atoms with Gasteiger partial charge < -0.3 is 5.11 Å². The third kappa shape index (κ3) is 1.90. The Morgan fingerprint density at radius 1 is 1.32 bits per heavy atom. The normalized spacial score (nSPS) is 23.1. The minimum Gasteiger partial charge on any atom is -0.360 e. The van der Waals surface area contributed by atoms with Gasteiger partial charge in [0.1, 0.15) is 0 Å². The summed E-state index contributed by atoms with van der Waals surface area (Å²) in [4.78, 5) is 12.6. The largest absolute Gasteiger partial charge is 0.441 e. The van der Waals surface area contributed by atoms with Gasteiger partial charge in [-0.25, -0.2) is 0 Å². The van der Waals surface area contributed by atoms with Crippen molar-refractivity contribution in [1.29, 1.82) is 0 Å². The summed E-state index contributed by atoms with van der Waals surface area (Å²) >= 11 is 0. The lowest BCUT2D eigenvalue weighted by atomic mass is 10.0. The summed E-state index contributed by atoms with van der Waals surface area (Å²) in [5.41, 5.74) is -3.72. The summed E-state index contributed by atoms with van der Waals surface area (Å²) in [6.45, 7) is 3.21. The van der Waals surface area contributed by atoms with Gasteiger partial charge in [0.15, 0.2) is 0 Å². The predicted molar refractivity (Wildman–Crippen MR) is 62.3 cm³/mol. The number of benzene rings is 1. The van der Waals surface area contributed by atoms with E-state index in [4.69, 9.17) is 0 Å². The molecule has 1 aromatic carbocycles. The van der Waals surface area contributed by atoms with Crippen LogP contribution in [0.15, 0.2) is 24.3 Å². The first-order chi connectivity index (χ1) is 8.69. The maximum atomic E-state index is 13.3. The van der Waals surface area contributed by atoms with Crippen LogP contribution in [0.3, 0.4) is 0 Å². The average molecular weight is 273 g/mol. The molecule has 1 aliphatic heterocycles. The van der Waals surface area contributed by atoms with Crippen molar-refractivity contribution < 1.29 is 23.1 Å². The molecule has 104 valence electrons. The summed E-state index contributed by atoms with van der Waals surface area (Å²) in [6.07, 6.45) is -4.94. The molecule has 1 aliphatic rings. The van der Waals surface area contributed by atoms with Gasteiger partial charge in [-0.1, -0.05) is 32.0 Å². The fourth-order valence-electron chi connectivity index (χ4n) is 2.30. The van der Waals surface area contributed by atoms with Crippen molar-refractivity contribution in [3.8, 4) is 0 Å². The maximum absolute atomic E-state index is 13.3. The van der Waals surface area contributed by atoms with E-state index in [0.717, 1.165) is 6.07 Å². The molecular formula is C13H14F3NO2. The lowest BCUT2D eigenvalue weighted by Gasteiger charge is -2.36. The zero-order valence-corrected chi connectivity index (χ0v) is 10.5. The van der Waals surface area contributed by atoms with E-state index in [1.807, 2.05) is 0 Å². The SMILES string of the molecule is CC(C)CN1C(=O)c2ccccc2C1(O)C(F)(F)F. The van der Waals surface area contributed by atoms with E-state index < -0.39 is 23.4 Å². The van der Waals surface area contributed by atoms with E-state index in [0.29, 0.717) is 4.90 Å². The number of carbonyl (C=O) groups excluding carboxylic acids is 1. The van der Waals surface area contributed by atoms with Gasteiger partial charge in [-0.2, -0.15) is 13.2 Å². The van der Waals surface area contributed by atoms with E-state index >= 15 is 0 Å². The highest BCUT2D eigenvalue weighted by atomic mass is 19.4. The number of nitrogens with zero attached hydrogens (tertiary/aromatic N) is 1. The molecule has 1 N–H and O–H groups in total. The molecule has 3 nitrogen and oxygen atoms in total. The van der Waals surface area contributed by atoms with Gasteiger partial charge in [0, 0.05) is 17.7 Å². The van der Waals surface area contributed by atoms with Crippen LogP contribution in [0.5, 0.6) is 0 Å². The van der Waals surface area contributed by atoms with E-state index in [9.17, 15) is 23.1 Å². The van der Waals surface area contributed by atoms with Crippen LogP contribution in [0.25, 0.3) is 0 Å². The number of fused-ring (bicyclic) bond motifs is 1. The first kappa shape index (κ1) is 13.9. The standard InChI is InChI=1S/C13H14F3NO2/c1-8(2)7-17-11(18)9-5-3-4-6-10(9)12(17,19)13(14,15)16/h3-6,8,19H,7H2,1-2H3. The second-order valence-corrected chi connectivity index (χ2v) is 5.03. The third-order valence-corrected chi connectivity index (χ3v) is 3.11. The quantitative estimate of drug-likeness (QED) is 0.899. The van der Waals surface area contributed by atoms with Crippen LogP contribution in [-0.4, -0.2) is 28.6 Å². The topological polar surface area (TPSA) is 40.5 Å². The Hall–Kier alpha value is -1.56. The number of hydrogen-bond acceptors (Lipinski definition) is 2. The van der Waals surface area contributed by atoms with Gasteiger partial charge in [-0.15, -0.1) is 0 Å². The van der Waals surface area contributed by atoms with E-state index in [1.165, 1.54) is 18.2 Å². The summed E-state index contributed by atoms with van der Waals surface area (Å²) in [6, 6.07) is 5.30. The number of rotatable bonds is 2. The van der Waals surface area contributed by atoms with Crippen molar-refractivity contribution in [3.05, 3.63) is 35.4 Å². The first-order valence-corrected chi connectivity index (χ1v) is 5.90. The Balaban J connectivity index is 2.61. The molecule has 1 unspecified atom stereocenters. The molecule has 0 saturated heterocycles. The minimum atomic E-state index is -4.94. The molecule has 1 atom stereocenters. The Labute approximate surface area is 108 Å². The highest BCUT2D eigenvalue weighted by Crippen LogP contribution is 2.48. The fraction of sp³-hybridized carbons (Fsp3) is 0.462. The predicted octanol–water partition coefficient (Wildman–Crippen LogP) is 2.51. The molecule has 0 spiro atoms. The average Bonchev–Trinajstić information content (AvgIpc) is 2.52. The van der Waals surface area contributed by atoms with Crippen LogP contribution < -0.4 is 0 Å². The Morgan fingerprint density at radius 2 is 1.89 bits per heavy atom. The number of hydrogen-bond donors (Lipinski definition) is 1. The molecule has 1 heterocycles. The zero-order valence-electron chi connectivity index (χ0n) is 10.5. The zero-order chi connectivity index (χ0) is 14.4.